The predicted molar refractivity (Wildman–Crippen MR) is 77.1 cm³/mol. The quantitative estimate of drug-likeness (QED) is 0.792. The Hall–Kier alpha value is -1.75. The van der Waals surface area contributed by atoms with E-state index in [1.807, 2.05) is 13.8 Å². The number of methoxy groups -OCH3 is 2. The minimum absolute atomic E-state index is 0.117. The van der Waals surface area contributed by atoms with Crippen LogP contribution in [0.5, 0.6) is 11.5 Å². The molecule has 1 aromatic carbocycles. The van der Waals surface area contributed by atoms with Crippen molar-refractivity contribution in [3.63, 3.8) is 0 Å². The van der Waals surface area contributed by atoms with Gasteiger partial charge in [-0.15, -0.1) is 0 Å². The normalized spacial score (nSPS) is 12.1. The fourth-order valence-corrected chi connectivity index (χ4v) is 1.69. The zero-order chi connectivity index (χ0) is 15.1. The van der Waals surface area contributed by atoms with E-state index < -0.39 is 6.10 Å². The summed E-state index contributed by atoms with van der Waals surface area (Å²) < 4.78 is 10.4. The highest BCUT2D eigenvalue weighted by molar-refractivity contribution is 5.79. The summed E-state index contributed by atoms with van der Waals surface area (Å²) in [5.41, 5.74) is 0.782. The van der Waals surface area contributed by atoms with Gasteiger partial charge in [-0.25, -0.2) is 0 Å². The molecular formula is C15H23NO4. The molecule has 0 saturated carbocycles. The summed E-state index contributed by atoms with van der Waals surface area (Å²) in [5, 5.41) is 12.4. The van der Waals surface area contributed by atoms with Gasteiger partial charge in [0.05, 0.1) is 26.7 Å². The maximum atomic E-state index is 11.9. The molecule has 0 spiro atoms. The van der Waals surface area contributed by atoms with E-state index in [1.54, 1.807) is 32.4 Å². The van der Waals surface area contributed by atoms with Crippen LogP contribution in [0.15, 0.2) is 18.2 Å². The Kier molecular flexibility index (Phi) is 6.31. The molecule has 20 heavy (non-hydrogen) atoms. The summed E-state index contributed by atoms with van der Waals surface area (Å²) in [6, 6.07) is 5.33. The number of hydrogen-bond acceptors (Lipinski definition) is 4. The Morgan fingerprint density at radius 3 is 2.55 bits per heavy atom. The van der Waals surface area contributed by atoms with Crippen molar-refractivity contribution in [3.8, 4) is 11.5 Å². The summed E-state index contributed by atoms with van der Waals surface area (Å²) in [4.78, 5) is 11.9. The number of aliphatic hydroxyl groups is 1. The first-order valence-electron chi connectivity index (χ1n) is 6.63. The highest BCUT2D eigenvalue weighted by atomic mass is 16.5. The lowest BCUT2D eigenvalue weighted by atomic mass is 10.1. The lowest BCUT2D eigenvalue weighted by Gasteiger charge is -2.15. The molecule has 1 aromatic rings. The van der Waals surface area contributed by atoms with E-state index in [0.29, 0.717) is 11.5 Å². The van der Waals surface area contributed by atoms with Crippen LogP contribution in [0.1, 0.15) is 19.4 Å². The maximum absolute atomic E-state index is 11.9. The van der Waals surface area contributed by atoms with Gasteiger partial charge in [0.1, 0.15) is 11.5 Å². The van der Waals surface area contributed by atoms with E-state index in [1.165, 1.54) is 0 Å². The molecular weight excluding hydrogens is 258 g/mol. The highest BCUT2D eigenvalue weighted by Gasteiger charge is 2.13. The summed E-state index contributed by atoms with van der Waals surface area (Å²) in [6.45, 7) is 4.07. The van der Waals surface area contributed by atoms with E-state index in [2.05, 4.69) is 5.32 Å². The van der Waals surface area contributed by atoms with Crippen molar-refractivity contribution in [2.45, 2.75) is 26.4 Å². The maximum Gasteiger partial charge on any atom is 0.224 e. The third-order valence-electron chi connectivity index (χ3n) is 3.12. The minimum Gasteiger partial charge on any atom is -0.497 e. The van der Waals surface area contributed by atoms with Crippen molar-refractivity contribution < 1.29 is 19.4 Å². The number of ether oxygens (including phenoxy) is 2. The van der Waals surface area contributed by atoms with E-state index in [-0.39, 0.29) is 24.8 Å². The molecule has 5 heteroatoms. The van der Waals surface area contributed by atoms with Gasteiger partial charge in [-0.05, 0) is 12.0 Å². The van der Waals surface area contributed by atoms with Crippen molar-refractivity contribution in [1.29, 1.82) is 0 Å². The zero-order valence-electron chi connectivity index (χ0n) is 12.5. The lowest BCUT2D eigenvalue weighted by Crippen LogP contribution is -2.35. The molecule has 0 radical (unpaired) electrons. The molecule has 0 aliphatic rings. The minimum atomic E-state index is -0.531. The fraction of sp³-hybridized carbons (Fsp3) is 0.533. The van der Waals surface area contributed by atoms with Crippen molar-refractivity contribution in [2.24, 2.45) is 5.92 Å². The van der Waals surface area contributed by atoms with E-state index in [9.17, 15) is 9.90 Å². The molecule has 0 fully saturated rings. The fourth-order valence-electron chi connectivity index (χ4n) is 1.69. The van der Waals surface area contributed by atoms with Gasteiger partial charge in [0, 0.05) is 18.2 Å². The number of benzene rings is 1. The first-order chi connectivity index (χ1) is 9.47. The number of nitrogens with one attached hydrogen (secondary N) is 1. The molecule has 0 saturated heterocycles. The van der Waals surface area contributed by atoms with Crippen LogP contribution in [-0.4, -0.2) is 37.9 Å². The van der Waals surface area contributed by atoms with E-state index >= 15 is 0 Å². The molecule has 2 N–H and O–H groups in total. The van der Waals surface area contributed by atoms with Gasteiger partial charge < -0.3 is 19.9 Å². The molecule has 0 bridgehead atoms. The molecule has 0 aliphatic carbocycles. The van der Waals surface area contributed by atoms with Crippen LogP contribution in [0.4, 0.5) is 0 Å². The van der Waals surface area contributed by atoms with Crippen molar-refractivity contribution in [1.82, 2.24) is 5.32 Å². The van der Waals surface area contributed by atoms with Crippen LogP contribution in [0.2, 0.25) is 0 Å². The number of hydrogen-bond donors (Lipinski definition) is 2. The molecule has 1 amide bonds. The van der Waals surface area contributed by atoms with Gasteiger partial charge >= 0.3 is 0 Å². The third kappa shape index (κ3) is 4.74. The van der Waals surface area contributed by atoms with Crippen LogP contribution < -0.4 is 14.8 Å². The van der Waals surface area contributed by atoms with E-state index in [4.69, 9.17) is 9.47 Å². The van der Waals surface area contributed by atoms with Gasteiger partial charge in [-0.1, -0.05) is 19.9 Å². The average Bonchev–Trinajstić information content (AvgIpc) is 2.44. The van der Waals surface area contributed by atoms with Crippen LogP contribution in [0, 0.1) is 5.92 Å². The average molecular weight is 281 g/mol. The van der Waals surface area contributed by atoms with Crippen molar-refractivity contribution in [3.05, 3.63) is 23.8 Å². The summed E-state index contributed by atoms with van der Waals surface area (Å²) in [6.07, 6.45) is -0.324. The smallest absolute Gasteiger partial charge is 0.224 e. The Labute approximate surface area is 119 Å². The lowest BCUT2D eigenvalue weighted by molar-refractivity contribution is -0.121. The summed E-state index contributed by atoms with van der Waals surface area (Å²) >= 11 is 0. The second kappa shape index (κ2) is 7.75. The number of amides is 1. The Balaban J connectivity index is 2.61. The highest BCUT2D eigenvalue weighted by Crippen LogP contribution is 2.24. The van der Waals surface area contributed by atoms with E-state index in [0.717, 1.165) is 5.56 Å². The third-order valence-corrected chi connectivity index (χ3v) is 3.12. The molecule has 0 aromatic heterocycles. The predicted octanol–water partition coefficient (Wildman–Crippen LogP) is 1.38. The number of aliphatic hydroxyl groups excluding tert-OH is 1. The molecule has 1 unspecified atom stereocenters. The van der Waals surface area contributed by atoms with Gasteiger partial charge in [-0.2, -0.15) is 0 Å². The van der Waals surface area contributed by atoms with Crippen molar-refractivity contribution in [2.75, 3.05) is 20.8 Å². The van der Waals surface area contributed by atoms with Crippen LogP contribution in [0.3, 0.4) is 0 Å². The molecule has 1 atom stereocenters. The first kappa shape index (κ1) is 16.3. The molecule has 112 valence electrons. The van der Waals surface area contributed by atoms with Crippen LogP contribution >= 0.6 is 0 Å². The van der Waals surface area contributed by atoms with Crippen LogP contribution in [-0.2, 0) is 11.2 Å². The summed E-state index contributed by atoms with van der Waals surface area (Å²) in [5.74, 6) is 1.27. The monoisotopic (exact) mass is 281 g/mol. The second-order valence-corrected chi connectivity index (χ2v) is 4.97. The standard InChI is InChI=1S/C15H23NO4/c1-10(2)13(17)9-16-15(18)7-11-5-6-12(19-3)8-14(11)20-4/h5-6,8,10,13,17H,7,9H2,1-4H3,(H,16,18). The van der Waals surface area contributed by atoms with Gasteiger partial charge in [0.15, 0.2) is 0 Å². The largest absolute Gasteiger partial charge is 0.497 e. The topological polar surface area (TPSA) is 67.8 Å². The zero-order valence-corrected chi connectivity index (χ0v) is 12.5. The van der Waals surface area contributed by atoms with Crippen LogP contribution in [0.25, 0.3) is 0 Å². The Morgan fingerprint density at radius 2 is 2.00 bits per heavy atom. The molecule has 0 aliphatic heterocycles. The molecule has 1 rings (SSSR count). The number of carbonyl (C=O) groups excluding carboxylic acids is 1. The molecule has 5 nitrogen and oxygen atoms in total. The first-order valence-corrected chi connectivity index (χ1v) is 6.63. The summed E-state index contributed by atoms with van der Waals surface area (Å²) in [7, 11) is 3.13. The Morgan fingerprint density at radius 1 is 1.30 bits per heavy atom. The number of carbonyl (C=O) groups is 1. The molecule has 0 heterocycles. The van der Waals surface area contributed by atoms with Crippen molar-refractivity contribution >= 4 is 5.91 Å². The SMILES string of the molecule is COc1ccc(CC(=O)NCC(O)C(C)C)c(OC)c1. The Bertz CT molecular complexity index is 445. The van der Waals surface area contributed by atoms with Gasteiger partial charge in [-0.3, -0.25) is 4.79 Å². The van der Waals surface area contributed by atoms with Gasteiger partial charge in [0.25, 0.3) is 0 Å². The van der Waals surface area contributed by atoms with Gasteiger partial charge in [0.2, 0.25) is 5.91 Å². The number of rotatable bonds is 7. The second-order valence-electron chi connectivity index (χ2n) is 4.97.